The summed E-state index contributed by atoms with van der Waals surface area (Å²) in [6.45, 7) is 8.86. The molecule has 2 fully saturated rings. The van der Waals surface area contributed by atoms with Gasteiger partial charge in [-0.3, -0.25) is 4.90 Å². The highest BCUT2D eigenvalue weighted by Gasteiger charge is 2.27. The van der Waals surface area contributed by atoms with Gasteiger partial charge in [0.05, 0.1) is 7.11 Å². The standard InChI is InChI=1S/C19H31N3O2/c1-15-13-22(11-8-20-15)17(14-21-9-4-3-5-10-21)16-6-7-18(23)19(12-16)24-2/h6-7,12,15,17,20,23H,3-5,8-11,13-14H2,1-2H3. The van der Waals surface area contributed by atoms with Crippen molar-refractivity contribution in [3.8, 4) is 11.5 Å². The highest BCUT2D eigenvalue weighted by atomic mass is 16.5. The number of likely N-dealkylation sites (tertiary alicyclic amines) is 1. The number of aromatic hydroxyl groups is 1. The third kappa shape index (κ3) is 4.21. The van der Waals surface area contributed by atoms with E-state index in [-0.39, 0.29) is 5.75 Å². The average molecular weight is 333 g/mol. The van der Waals surface area contributed by atoms with Gasteiger partial charge in [0.1, 0.15) is 0 Å². The van der Waals surface area contributed by atoms with Crippen molar-refractivity contribution < 1.29 is 9.84 Å². The molecule has 3 rings (SSSR count). The van der Waals surface area contributed by atoms with Crippen molar-refractivity contribution in [1.29, 1.82) is 0 Å². The molecule has 1 aromatic rings. The zero-order chi connectivity index (χ0) is 16.9. The normalized spacial score (nSPS) is 24.7. The lowest BCUT2D eigenvalue weighted by Crippen LogP contribution is -2.52. The summed E-state index contributed by atoms with van der Waals surface area (Å²) in [5.41, 5.74) is 1.24. The fraction of sp³-hybridized carbons (Fsp3) is 0.684. The molecule has 5 heteroatoms. The molecule has 2 aliphatic rings. The molecule has 2 saturated heterocycles. The second kappa shape index (κ2) is 8.19. The Morgan fingerprint density at radius 3 is 2.75 bits per heavy atom. The number of nitrogens with one attached hydrogen (secondary N) is 1. The minimum Gasteiger partial charge on any atom is -0.504 e. The number of phenols is 1. The summed E-state index contributed by atoms with van der Waals surface area (Å²) in [7, 11) is 1.62. The fourth-order valence-corrected chi connectivity index (χ4v) is 3.96. The Morgan fingerprint density at radius 1 is 1.25 bits per heavy atom. The number of methoxy groups -OCH3 is 1. The Balaban J connectivity index is 1.82. The minimum atomic E-state index is 0.214. The molecule has 134 valence electrons. The van der Waals surface area contributed by atoms with Crippen molar-refractivity contribution in [3.63, 3.8) is 0 Å². The summed E-state index contributed by atoms with van der Waals surface area (Å²) in [5.74, 6) is 0.783. The molecule has 2 heterocycles. The maximum atomic E-state index is 9.93. The van der Waals surface area contributed by atoms with E-state index in [0.717, 1.165) is 26.2 Å². The molecule has 5 nitrogen and oxygen atoms in total. The number of nitrogens with zero attached hydrogens (tertiary/aromatic N) is 2. The third-order valence-corrected chi connectivity index (χ3v) is 5.31. The third-order valence-electron chi connectivity index (χ3n) is 5.31. The van der Waals surface area contributed by atoms with Gasteiger partial charge in [0.25, 0.3) is 0 Å². The van der Waals surface area contributed by atoms with Gasteiger partial charge in [-0.25, -0.2) is 0 Å². The van der Waals surface area contributed by atoms with Crippen LogP contribution in [0.25, 0.3) is 0 Å². The molecule has 24 heavy (non-hydrogen) atoms. The maximum Gasteiger partial charge on any atom is 0.160 e. The Hall–Kier alpha value is -1.30. The number of piperidine rings is 1. The number of benzene rings is 1. The zero-order valence-corrected chi connectivity index (χ0v) is 15.0. The first-order valence-corrected chi connectivity index (χ1v) is 9.24. The fourth-order valence-electron chi connectivity index (χ4n) is 3.96. The van der Waals surface area contributed by atoms with Crippen molar-refractivity contribution in [2.45, 2.75) is 38.3 Å². The monoisotopic (exact) mass is 333 g/mol. The first-order chi connectivity index (χ1) is 11.7. The second-order valence-electron chi connectivity index (χ2n) is 7.16. The van der Waals surface area contributed by atoms with E-state index in [4.69, 9.17) is 4.74 Å². The summed E-state index contributed by atoms with van der Waals surface area (Å²) in [6.07, 6.45) is 3.98. The van der Waals surface area contributed by atoms with E-state index in [0.29, 0.717) is 17.8 Å². The zero-order valence-electron chi connectivity index (χ0n) is 15.0. The van der Waals surface area contributed by atoms with E-state index in [2.05, 4.69) is 28.1 Å². The first-order valence-electron chi connectivity index (χ1n) is 9.24. The molecule has 2 atom stereocenters. The number of hydrogen-bond donors (Lipinski definition) is 2. The van der Waals surface area contributed by atoms with Crippen molar-refractivity contribution >= 4 is 0 Å². The summed E-state index contributed by atoms with van der Waals surface area (Å²) in [5, 5.41) is 13.5. The molecule has 0 spiro atoms. The molecule has 0 aliphatic carbocycles. The van der Waals surface area contributed by atoms with Crippen LogP contribution in [-0.4, -0.2) is 67.3 Å². The van der Waals surface area contributed by atoms with E-state index >= 15 is 0 Å². The van der Waals surface area contributed by atoms with Crippen LogP contribution >= 0.6 is 0 Å². The van der Waals surface area contributed by atoms with Crippen LogP contribution in [-0.2, 0) is 0 Å². The first kappa shape index (κ1) is 17.5. The van der Waals surface area contributed by atoms with Gasteiger partial charge in [-0.1, -0.05) is 12.5 Å². The molecule has 2 aliphatic heterocycles. The van der Waals surface area contributed by atoms with Crippen LogP contribution in [0.15, 0.2) is 18.2 Å². The second-order valence-corrected chi connectivity index (χ2v) is 7.16. The summed E-state index contributed by atoms with van der Waals surface area (Å²) in [4.78, 5) is 5.18. The molecule has 0 bridgehead atoms. The van der Waals surface area contributed by atoms with Crippen molar-refractivity contribution in [2.75, 3.05) is 46.4 Å². The average Bonchev–Trinajstić information content (AvgIpc) is 2.61. The molecule has 0 radical (unpaired) electrons. The molecule has 2 unspecified atom stereocenters. The number of piperazine rings is 1. The number of ether oxygens (including phenoxy) is 1. The van der Waals surface area contributed by atoms with Gasteiger partial charge >= 0.3 is 0 Å². The van der Waals surface area contributed by atoms with Crippen LogP contribution in [0.3, 0.4) is 0 Å². The van der Waals surface area contributed by atoms with Gasteiger partial charge in [0, 0.05) is 38.3 Å². The quantitative estimate of drug-likeness (QED) is 0.865. The van der Waals surface area contributed by atoms with Crippen LogP contribution in [0.2, 0.25) is 0 Å². The molecule has 0 amide bonds. The lowest BCUT2D eigenvalue weighted by molar-refractivity contribution is 0.100. The smallest absolute Gasteiger partial charge is 0.160 e. The van der Waals surface area contributed by atoms with Crippen LogP contribution in [0.1, 0.15) is 37.8 Å². The van der Waals surface area contributed by atoms with Gasteiger partial charge in [-0.2, -0.15) is 0 Å². The van der Waals surface area contributed by atoms with Crippen LogP contribution < -0.4 is 10.1 Å². The predicted octanol–water partition coefficient (Wildman–Crippen LogP) is 2.22. The number of hydrogen-bond acceptors (Lipinski definition) is 5. The van der Waals surface area contributed by atoms with E-state index < -0.39 is 0 Å². The van der Waals surface area contributed by atoms with E-state index in [1.165, 1.54) is 37.9 Å². The van der Waals surface area contributed by atoms with Gasteiger partial charge in [-0.05, 0) is 50.6 Å². The molecule has 0 saturated carbocycles. The van der Waals surface area contributed by atoms with Crippen LogP contribution in [0.4, 0.5) is 0 Å². The molecular weight excluding hydrogens is 302 g/mol. The van der Waals surface area contributed by atoms with Crippen LogP contribution in [0.5, 0.6) is 11.5 Å². The Labute approximate surface area is 145 Å². The Morgan fingerprint density at radius 2 is 2.04 bits per heavy atom. The SMILES string of the molecule is COc1cc(C(CN2CCCCC2)N2CCNC(C)C2)ccc1O. The van der Waals surface area contributed by atoms with E-state index in [1.807, 2.05) is 6.07 Å². The van der Waals surface area contributed by atoms with E-state index in [9.17, 15) is 5.11 Å². The molecule has 2 N–H and O–H groups in total. The predicted molar refractivity (Wildman–Crippen MR) is 96.7 cm³/mol. The minimum absolute atomic E-state index is 0.214. The topological polar surface area (TPSA) is 48.0 Å². The lowest BCUT2D eigenvalue weighted by atomic mass is 10.0. The number of phenolic OH excluding ortho intramolecular Hbond substituents is 1. The van der Waals surface area contributed by atoms with Gasteiger partial charge in [0.15, 0.2) is 11.5 Å². The molecule has 1 aromatic carbocycles. The van der Waals surface area contributed by atoms with Gasteiger partial charge in [0.2, 0.25) is 0 Å². The summed E-state index contributed by atoms with van der Waals surface area (Å²) in [6, 6.07) is 6.70. The Kier molecular flexibility index (Phi) is 5.98. The van der Waals surface area contributed by atoms with Gasteiger partial charge in [-0.15, -0.1) is 0 Å². The highest BCUT2D eigenvalue weighted by Crippen LogP contribution is 2.32. The summed E-state index contributed by atoms with van der Waals surface area (Å²) >= 11 is 0. The van der Waals surface area contributed by atoms with Crippen molar-refractivity contribution in [2.24, 2.45) is 0 Å². The van der Waals surface area contributed by atoms with Crippen LogP contribution in [0, 0.1) is 0 Å². The van der Waals surface area contributed by atoms with Gasteiger partial charge < -0.3 is 20.1 Å². The molecule has 0 aromatic heterocycles. The lowest BCUT2D eigenvalue weighted by Gasteiger charge is -2.41. The maximum absolute atomic E-state index is 9.93. The van der Waals surface area contributed by atoms with Crippen molar-refractivity contribution in [1.82, 2.24) is 15.1 Å². The highest BCUT2D eigenvalue weighted by molar-refractivity contribution is 5.42. The summed E-state index contributed by atoms with van der Waals surface area (Å²) < 4.78 is 5.34. The Bertz CT molecular complexity index is 531. The number of rotatable bonds is 5. The van der Waals surface area contributed by atoms with Crippen molar-refractivity contribution in [3.05, 3.63) is 23.8 Å². The largest absolute Gasteiger partial charge is 0.504 e. The molecular formula is C19H31N3O2. The van der Waals surface area contributed by atoms with E-state index in [1.54, 1.807) is 13.2 Å².